The molecule has 0 aliphatic rings. The lowest BCUT2D eigenvalue weighted by atomic mass is 10.0. The number of esters is 1. The molecular weight excluding hydrogens is 468 g/mol. The third-order valence-corrected chi connectivity index (χ3v) is 7.94. The van der Waals surface area contributed by atoms with Crippen molar-refractivity contribution in [2.75, 3.05) is 0 Å². The van der Waals surface area contributed by atoms with Crippen molar-refractivity contribution in [2.24, 2.45) is 0 Å². The maximum absolute atomic E-state index is 13.2. The van der Waals surface area contributed by atoms with E-state index in [1.807, 2.05) is 19.1 Å². The van der Waals surface area contributed by atoms with Gasteiger partial charge in [0.05, 0.1) is 16.9 Å². The maximum atomic E-state index is 13.2. The lowest BCUT2D eigenvalue weighted by Crippen LogP contribution is -2.42. The summed E-state index contributed by atoms with van der Waals surface area (Å²) in [6.45, 7) is 9.57. The lowest BCUT2D eigenvalue weighted by Gasteiger charge is -2.26. The summed E-state index contributed by atoms with van der Waals surface area (Å²) in [7, 11) is -1.67. The third kappa shape index (κ3) is 14.9. The standard InChI is InChI=1S/C31H52O4S/c1-6-7-8-9-10-11-12-13-14-15-16-17-18-19-20-21-28(32)29(30(33)35-31(3,4)5)36(34)27-24-22-26(2)23-25-27/h13-14,22-25,28-29,32H,6-12,15-21H2,1-5H3/b14-13-/t28?,29-,36+/m1/s1. The Hall–Kier alpha value is -1.46. The molecule has 0 bridgehead atoms. The molecule has 36 heavy (non-hydrogen) atoms. The Bertz CT molecular complexity index is 764. The number of aliphatic hydroxyl groups is 1. The number of carbonyl (C=O) groups is 1. The van der Waals surface area contributed by atoms with Crippen LogP contribution in [0.4, 0.5) is 0 Å². The SMILES string of the molecule is CCCCCCCC/C=C\CCCCCCCC(O)[C@H](C(=O)OC(C)(C)C)[S@@](=O)c1ccc(C)cc1. The van der Waals surface area contributed by atoms with Gasteiger partial charge < -0.3 is 9.84 Å². The van der Waals surface area contributed by atoms with Crippen LogP contribution in [0.2, 0.25) is 0 Å². The first-order chi connectivity index (χ1) is 17.2. The fraction of sp³-hybridized carbons (Fsp3) is 0.710. The largest absolute Gasteiger partial charge is 0.459 e. The highest BCUT2D eigenvalue weighted by atomic mass is 32.2. The maximum Gasteiger partial charge on any atom is 0.325 e. The Morgan fingerprint density at radius 3 is 1.92 bits per heavy atom. The molecule has 0 spiro atoms. The van der Waals surface area contributed by atoms with Crippen LogP contribution in [0.3, 0.4) is 0 Å². The van der Waals surface area contributed by atoms with Gasteiger partial charge in [-0.2, -0.15) is 0 Å². The first kappa shape index (κ1) is 32.6. The van der Waals surface area contributed by atoms with Crippen LogP contribution in [-0.2, 0) is 20.3 Å². The molecule has 5 heteroatoms. The van der Waals surface area contributed by atoms with Gasteiger partial charge in [-0.15, -0.1) is 0 Å². The van der Waals surface area contributed by atoms with Crippen LogP contribution in [0, 0.1) is 6.92 Å². The van der Waals surface area contributed by atoms with Crippen molar-refractivity contribution in [3.05, 3.63) is 42.0 Å². The second kappa shape index (κ2) is 18.7. The molecule has 3 atom stereocenters. The number of aryl methyl sites for hydroxylation is 1. The average molecular weight is 521 g/mol. The van der Waals surface area contributed by atoms with Gasteiger partial charge >= 0.3 is 5.97 Å². The van der Waals surface area contributed by atoms with E-state index in [9.17, 15) is 14.1 Å². The van der Waals surface area contributed by atoms with Crippen molar-refractivity contribution < 1.29 is 18.8 Å². The van der Waals surface area contributed by atoms with Gasteiger partial charge in [0.15, 0.2) is 5.25 Å². The number of ether oxygens (including phenoxy) is 1. The topological polar surface area (TPSA) is 63.6 Å². The van der Waals surface area contributed by atoms with E-state index in [0.29, 0.717) is 11.3 Å². The number of aliphatic hydroxyl groups excluding tert-OH is 1. The van der Waals surface area contributed by atoms with Gasteiger partial charge in [-0.3, -0.25) is 9.00 Å². The summed E-state index contributed by atoms with van der Waals surface area (Å²) in [6.07, 6.45) is 19.8. The second-order valence-electron chi connectivity index (χ2n) is 11.0. The highest BCUT2D eigenvalue weighted by Crippen LogP contribution is 2.22. The number of rotatable bonds is 19. The first-order valence-corrected chi connectivity index (χ1v) is 15.4. The zero-order valence-corrected chi connectivity index (χ0v) is 24.4. The molecule has 0 saturated heterocycles. The van der Waals surface area contributed by atoms with E-state index in [-0.39, 0.29) is 0 Å². The minimum atomic E-state index is -1.67. The van der Waals surface area contributed by atoms with E-state index in [2.05, 4.69) is 19.1 Å². The summed E-state index contributed by atoms with van der Waals surface area (Å²) < 4.78 is 18.7. The van der Waals surface area contributed by atoms with E-state index in [1.54, 1.807) is 32.9 Å². The normalized spacial score (nSPS) is 14.6. The van der Waals surface area contributed by atoms with E-state index < -0.39 is 33.7 Å². The molecule has 1 aromatic rings. The van der Waals surface area contributed by atoms with Crippen LogP contribution >= 0.6 is 0 Å². The highest BCUT2D eigenvalue weighted by molar-refractivity contribution is 7.86. The van der Waals surface area contributed by atoms with E-state index in [4.69, 9.17) is 4.74 Å². The van der Waals surface area contributed by atoms with Gasteiger partial charge in [0, 0.05) is 4.90 Å². The quantitative estimate of drug-likeness (QED) is 0.113. The number of unbranched alkanes of at least 4 members (excludes halogenated alkanes) is 11. The van der Waals surface area contributed by atoms with Crippen LogP contribution in [-0.4, -0.2) is 32.2 Å². The molecule has 0 radical (unpaired) electrons. The Morgan fingerprint density at radius 2 is 1.39 bits per heavy atom. The van der Waals surface area contributed by atoms with Crippen LogP contribution in [0.25, 0.3) is 0 Å². The molecule has 0 fully saturated rings. The highest BCUT2D eigenvalue weighted by Gasteiger charge is 2.36. The van der Waals surface area contributed by atoms with Crippen molar-refractivity contribution in [1.82, 2.24) is 0 Å². The van der Waals surface area contributed by atoms with Crippen molar-refractivity contribution in [1.29, 1.82) is 0 Å². The monoisotopic (exact) mass is 520 g/mol. The Labute approximate surface area is 223 Å². The second-order valence-corrected chi connectivity index (χ2v) is 12.6. The van der Waals surface area contributed by atoms with E-state index in [1.165, 1.54) is 57.8 Å². The molecule has 1 rings (SSSR count). The predicted molar refractivity (Wildman–Crippen MR) is 153 cm³/mol. The minimum absolute atomic E-state index is 0.444. The molecule has 1 aromatic carbocycles. The van der Waals surface area contributed by atoms with Gasteiger partial charge in [-0.1, -0.05) is 94.6 Å². The van der Waals surface area contributed by atoms with Crippen LogP contribution in [0.15, 0.2) is 41.3 Å². The number of carbonyl (C=O) groups excluding carboxylic acids is 1. The van der Waals surface area contributed by atoms with Crippen LogP contribution < -0.4 is 0 Å². The summed E-state index contributed by atoms with van der Waals surface area (Å²) in [6, 6.07) is 7.26. The summed E-state index contributed by atoms with van der Waals surface area (Å²) in [5.41, 5.74) is 0.355. The van der Waals surface area contributed by atoms with Gasteiger partial charge in [-0.05, 0) is 71.9 Å². The summed E-state index contributed by atoms with van der Waals surface area (Å²) in [5.74, 6) is -0.596. The molecule has 0 aliphatic heterocycles. The lowest BCUT2D eigenvalue weighted by molar-refractivity contribution is -0.156. The van der Waals surface area contributed by atoms with Crippen molar-refractivity contribution in [3.8, 4) is 0 Å². The predicted octanol–water partition coefficient (Wildman–Crippen LogP) is 8.21. The molecule has 0 saturated carbocycles. The van der Waals surface area contributed by atoms with Crippen LogP contribution in [0.1, 0.15) is 123 Å². The molecule has 4 nitrogen and oxygen atoms in total. The van der Waals surface area contributed by atoms with Gasteiger partial charge in [-0.25, -0.2) is 0 Å². The smallest absolute Gasteiger partial charge is 0.325 e. The van der Waals surface area contributed by atoms with Crippen molar-refractivity contribution in [2.45, 2.75) is 146 Å². The van der Waals surface area contributed by atoms with Gasteiger partial charge in [0.1, 0.15) is 5.60 Å². The fourth-order valence-corrected chi connectivity index (χ4v) is 5.48. The number of allylic oxidation sites excluding steroid dienone is 2. The van der Waals surface area contributed by atoms with Gasteiger partial charge in [0.2, 0.25) is 0 Å². The third-order valence-electron chi connectivity index (χ3n) is 6.23. The molecule has 0 aliphatic carbocycles. The number of benzene rings is 1. The summed E-state index contributed by atoms with van der Waals surface area (Å²) in [5, 5.41) is 9.78. The fourth-order valence-electron chi connectivity index (χ4n) is 4.14. The van der Waals surface area contributed by atoms with E-state index >= 15 is 0 Å². The molecule has 0 heterocycles. The Kier molecular flexibility index (Phi) is 16.9. The Morgan fingerprint density at radius 1 is 0.889 bits per heavy atom. The minimum Gasteiger partial charge on any atom is -0.459 e. The molecule has 1 N–H and O–H groups in total. The number of hydrogen-bond donors (Lipinski definition) is 1. The zero-order chi connectivity index (χ0) is 26.8. The van der Waals surface area contributed by atoms with Crippen LogP contribution in [0.5, 0.6) is 0 Å². The molecule has 0 aromatic heterocycles. The van der Waals surface area contributed by atoms with Crippen molar-refractivity contribution >= 4 is 16.8 Å². The van der Waals surface area contributed by atoms with Crippen molar-refractivity contribution in [3.63, 3.8) is 0 Å². The van der Waals surface area contributed by atoms with E-state index in [0.717, 1.165) is 31.2 Å². The average Bonchev–Trinajstić information content (AvgIpc) is 2.81. The summed E-state index contributed by atoms with van der Waals surface area (Å²) in [4.78, 5) is 13.4. The van der Waals surface area contributed by atoms with Gasteiger partial charge in [0.25, 0.3) is 0 Å². The Balaban J connectivity index is 2.36. The molecular formula is C31H52O4S. The molecule has 206 valence electrons. The summed E-state index contributed by atoms with van der Waals surface area (Å²) >= 11 is 0. The first-order valence-electron chi connectivity index (χ1n) is 14.2. The molecule has 0 amide bonds. The number of hydrogen-bond acceptors (Lipinski definition) is 4. The molecule has 1 unspecified atom stereocenters. The zero-order valence-electron chi connectivity index (χ0n) is 23.6.